The zero-order valence-electron chi connectivity index (χ0n) is 19.2. The molecule has 3 atom stereocenters. The van der Waals surface area contributed by atoms with Gasteiger partial charge in [-0.1, -0.05) is 30.3 Å². The molecule has 2 saturated heterocycles. The highest BCUT2D eigenvalue weighted by Crippen LogP contribution is 2.50. The van der Waals surface area contributed by atoms with E-state index in [9.17, 15) is 27.5 Å². The van der Waals surface area contributed by atoms with Crippen LogP contribution in [-0.2, 0) is 4.79 Å². The van der Waals surface area contributed by atoms with Gasteiger partial charge >= 0.3 is 6.03 Å². The van der Waals surface area contributed by atoms with E-state index in [1.54, 1.807) is 7.05 Å². The molecule has 2 aliphatic heterocycles. The molecule has 3 amide bonds. The van der Waals surface area contributed by atoms with Gasteiger partial charge < -0.3 is 4.90 Å². The predicted octanol–water partition coefficient (Wildman–Crippen LogP) is 5.62. The summed E-state index contributed by atoms with van der Waals surface area (Å²) in [6.07, 6.45) is 0.734. The number of hydrogen-bond donors (Lipinski definition) is 2. The Labute approximate surface area is 199 Å². The first kappa shape index (κ1) is 24.6. The third kappa shape index (κ3) is 4.96. The Bertz CT molecular complexity index is 1040. The van der Waals surface area contributed by atoms with Crippen molar-refractivity contribution in [3.8, 4) is 0 Å². The molecule has 2 N–H and O–H groups in total. The van der Waals surface area contributed by atoms with Crippen molar-refractivity contribution in [2.45, 2.75) is 44.2 Å². The van der Waals surface area contributed by atoms with Crippen molar-refractivity contribution in [1.82, 2.24) is 9.80 Å². The fourth-order valence-corrected chi connectivity index (χ4v) is 6.76. The highest BCUT2D eigenvalue weighted by Gasteiger charge is 2.46. The zero-order valence-corrected chi connectivity index (χ0v) is 20.0. The van der Waals surface area contributed by atoms with Gasteiger partial charge in [-0.3, -0.25) is 18.8 Å². The van der Waals surface area contributed by atoms with Crippen LogP contribution in [0.1, 0.15) is 49.3 Å². The lowest BCUT2D eigenvalue weighted by Crippen LogP contribution is -2.38. The van der Waals surface area contributed by atoms with Crippen LogP contribution in [0.15, 0.2) is 48.5 Å². The molecule has 0 bridgehead atoms. The summed E-state index contributed by atoms with van der Waals surface area (Å²) < 4.78 is 48.3. The second-order valence-electron chi connectivity index (χ2n) is 9.31. The topological polar surface area (TPSA) is 81.1 Å². The zero-order chi connectivity index (χ0) is 24.6. The van der Waals surface area contributed by atoms with E-state index in [0.717, 1.165) is 11.6 Å². The van der Waals surface area contributed by atoms with Crippen molar-refractivity contribution >= 4 is 22.5 Å². The Balaban J connectivity index is 1.66. The first-order valence-corrected chi connectivity index (χ1v) is 13.3. The molecule has 0 spiro atoms. The number of carbonyl (C=O) groups excluding carboxylic acids is 2. The third-order valence-electron chi connectivity index (χ3n) is 7.17. The van der Waals surface area contributed by atoms with Crippen molar-refractivity contribution in [3.05, 3.63) is 71.3 Å². The van der Waals surface area contributed by atoms with Gasteiger partial charge in [0.25, 0.3) is 0 Å². The molecule has 184 valence electrons. The molecule has 2 fully saturated rings. The van der Waals surface area contributed by atoms with E-state index < -0.39 is 46.1 Å². The monoisotopic (exact) mass is 492 g/mol. The van der Waals surface area contributed by atoms with Crippen molar-refractivity contribution in [3.63, 3.8) is 0 Å². The minimum Gasteiger partial charge on any atom is -0.322 e. The Morgan fingerprint density at radius 3 is 2.26 bits per heavy atom. The van der Waals surface area contributed by atoms with E-state index in [1.165, 1.54) is 21.9 Å². The van der Waals surface area contributed by atoms with Gasteiger partial charge in [0.15, 0.2) is 0 Å². The summed E-state index contributed by atoms with van der Waals surface area (Å²) in [5.74, 6) is -2.24. The lowest BCUT2D eigenvalue weighted by Gasteiger charge is -2.42. The maximum atomic E-state index is 14.1. The Morgan fingerprint density at radius 2 is 1.68 bits per heavy atom. The number of likely N-dealkylation sites (N-methyl/N-ethyl adjacent to an activating group) is 1. The van der Waals surface area contributed by atoms with Crippen molar-refractivity contribution in [2.75, 3.05) is 18.6 Å². The van der Waals surface area contributed by atoms with Gasteiger partial charge in [-0.25, -0.2) is 13.6 Å². The number of nitrogens with zero attached hydrogens (tertiary/aromatic N) is 2. The Kier molecular flexibility index (Phi) is 6.98. The summed E-state index contributed by atoms with van der Waals surface area (Å²) in [4.78, 5) is 29.5. The standard InChI is InChI=1S/C25H30F2N2O4S/c1-16-24(18-6-4-3-5-7-18)29(25(31)28(16)2)23(30)15-22(17-8-10-34(32,33)11-9-17)19-12-20(26)14-21(27)13-19/h3-7,12-14,16-17,22,24,32-33H,8-11,15H2,1-2H3/t16-,22+,24-/m0/s1. The van der Waals surface area contributed by atoms with Gasteiger partial charge in [0.05, 0.1) is 12.1 Å². The van der Waals surface area contributed by atoms with Crippen LogP contribution in [0.25, 0.3) is 0 Å². The van der Waals surface area contributed by atoms with Crippen LogP contribution in [0.4, 0.5) is 13.6 Å². The Morgan fingerprint density at radius 1 is 1.09 bits per heavy atom. The van der Waals surface area contributed by atoms with Gasteiger partial charge in [0.1, 0.15) is 11.6 Å². The molecule has 0 saturated carbocycles. The summed E-state index contributed by atoms with van der Waals surface area (Å²) >= 11 is 0. The van der Waals surface area contributed by atoms with E-state index in [4.69, 9.17) is 0 Å². The molecular weight excluding hydrogens is 462 g/mol. The molecule has 34 heavy (non-hydrogen) atoms. The molecular formula is C25H30F2N2O4S. The predicted molar refractivity (Wildman–Crippen MR) is 128 cm³/mol. The summed E-state index contributed by atoms with van der Waals surface area (Å²) in [5.41, 5.74) is 1.18. The molecule has 6 nitrogen and oxygen atoms in total. The maximum absolute atomic E-state index is 14.1. The number of urea groups is 1. The lowest BCUT2D eigenvalue weighted by atomic mass is 9.79. The van der Waals surface area contributed by atoms with Gasteiger partial charge in [-0.05, 0) is 54.9 Å². The van der Waals surface area contributed by atoms with Crippen molar-refractivity contribution in [2.24, 2.45) is 5.92 Å². The van der Waals surface area contributed by atoms with E-state index in [-0.39, 0.29) is 29.9 Å². The minimum absolute atomic E-state index is 0.109. The number of benzene rings is 2. The minimum atomic E-state index is -2.66. The molecule has 2 aliphatic rings. The highest BCUT2D eigenvalue weighted by atomic mass is 32.3. The first-order valence-electron chi connectivity index (χ1n) is 11.4. The summed E-state index contributed by atoms with van der Waals surface area (Å²) in [5, 5.41) is 0. The Hall–Kier alpha value is -2.49. The number of amides is 3. The molecule has 0 aliphatic carbocycles. The fourth-order valence-electron chi connectivity index (χ4n) is 5.19. The van der Waals surface area contributed by atoms with Gasteiger partial charge in [-0.15, -0.1) is 0 Å². The number of imide groups is 1. The van der Waals surface area contributed by atoms with Crippen LogP contribution < -0.4 is 0 Å². The molecule has 0 unspecified atom stereocenters. The maximum Gasteiger partial charge on any atom is 0.327 e. The first-order chi connectivity index (χ1) is 16.1. The molecule has 0 aromatic heterocycles. The second kappa shape index (κ2) is 9.64. The smallest absolute Gasteiger partial charge is 0.322 e. The van der Waals surface area contributed by atoms with Crippen LogP contribution in [0.3, 0.4) is 0 Å². The molecule has 4 rings (SSSR count). The van der Waals surface area contributed by atoms with Crippen molar-refractivity contribution in [1.29, 1.82) is 0 Å². The fraction of sp³-hybridized carbons (Fsp3) is 0.440. The van der Waals surface area contributed by atoms with Gasteiger partial charge in [0.2, 0.25) is 5.91 Å². The quantitative estimate of drug-likeness (QED) is 0.567. The molecule has 2 heterocycles. The summed E-state index contributed by atoms with van der Waals surface area (Å²) in [6.45, 7) is 1.88. The van der Waals surface area contributed by atoms with Crippen LogP contribution in [0.2, 0.25) is 0 Å². The largest absolute Gasteiger partial charge is 0.327 e. The average Bonchev–Trinajstić information content (AvgIpc) is 3.01. The lowest BCUT2D eigenvalue weighted by molar-refractivity contribution is -0.130. The number of halogens is 2. The SMILES string of the molecule is C[C@H]1[C@@H](c2ccccc2)N(C(=O)C[C@@H](c2cc(F)cc(F)c2)C2CCS(O)(O)CC2)C(=O)N1C. The van der Waals surface area contributed by atoms with Gasteiger partial charge in [-0.2, -0.15) is 10.6 Å². The number of hydrogen-bond acceptors (Lipinski definition) is 4. The van der Waals surface area contributed by atoms with E-state index in [2.05, 4.69) is 0 Å². The van der Waals surface area contributed by atoms with E-state index >= 15 is 0 Å². The summed E-state index contributed by atoms with van der Waals surface area (Å²) in [7, 11) is -1.01. The third-order valence-corrected chi connectivity index (χ3v) is 8.95. The van der Waals surface area contributed by atoms with Crippen LogP contribution in [-0.4, -0.2) is 55.4 Å². The normalized spacial score (nSPS) is 24.8. The highest BCUT2D eigenvalue weighted by molar-refractivity contribution is 8.24. The van der Waals surface area contributed by atoms with Crippen LogP contribution in [0, 0.1) is 17.6 Å². The van der Waals surface area contributed by atoms with Crippen molar-refractivity contribution < 1.29 is 27.5 Å². The van der Waals surface area contributed by atoms with Gasteiger partial charge in [0, 0.05) is 31.0 Å². The number of rotatable bonds is 5. The summed E-state index contributed by atoms with van der Waals surface area (Å²) in [6, 6.07) is 11.4. The number of carbonyl (C=O) groups is 2. The molecule has 9 heteroatoms. The molecule has 2 aromatic carbocycles. The van der Waals surface area contributed by atoms with E-state index in [0.29, 0.717) is 18.4 Å². The van der Waals surface area contributed by atoms with E-state index in [1.807, 2.05) is 37.3 Å². The second-order valence-corrected chi connectivity index (χ2v) is 11.7. The molecule has 0 radical (unpaired) electrons. The average molecular weight is 493 g/mol. The molecule has 2 aromatic rings. The van der Waals surface area contributed by atoms with Crippen LogP contribution >= 0.6 is 10.6 Å². The van der Waals surface area contributed by atoms with Crippen LogP contribution in [0.5, 0.6) is 0 Å².